The van der Waals surface area contributed by atoms with Crippen molar-refractivity contribution in [2.24, 2.45) is 0 Å². The molecule has 3 rings (SSSR count). The van der Waals surface area contributed by atoms with Gasteiger partial charge in [-0.2, -0.15) is 0 Å². The normalized spacial score (nSPS) is 36.7. The Balaban J connectivity index is 1.64. The highest BCUT2D eigenvalue weighted by molar-refractivity contribution is 5.87. The largest absolute Gasteiger partial charge is 0.504 e. The lowest BCUT2D eigenvalue weighted by Crippen LogP contribution is -2.61. The van der Waals surface area contributed by atoms with E-state index in [1.54, 1.807) is 0 Å². The Hall–Kier alpha value is -2.55. The predicted molar refractivity (Wildman–Crippen MR) is 108 cm³/mol. The van der Waals surface area contributed by atoms with Crippen LogP contribution in [0.25, 0.3) is 6.08 Å². The van der Waals surface area contributed by atoms with Gasteiger partial charge in [0.2, 0.25) is 0 Å². The molecule has 0 spiro atoms. The number of rotatable bonds is 6. The van der Waals surface area contributed by atoms with Gasteiger partial charge in [-0.3, -0.25) is 0 Å². The fourth-order valence-electron chi connectivity index (χ4n) is 3.42. The molecule has 0 bridgehead atoms. The summed E-state index contributed by atoms with van der Waals surface area (Å²) < 4.78 is 15.8. The van der Waals surface area contributed by atoms with Crippen LogP contribution >= 0.6 is 0 Å². The third-order valence-corrected chi connectivity index (χ3v) is 5.31. The second-order valence-corrected chi connectivity index (χ2v) is 7.65. The average molecular weight is 470 g/mol. The van der Waals surface area contributed by atoms with Crippen LogP contribution in [0.1, 0.15) is 5.56 Å². The van der Waals surface area contributed by atoms with Gasteiger partial charge in [0.25, 0.3) is 0 Å². The van der Waals surface area contributed by atoms with Gasteiger partial charge in [0.05, 0.1) is 6.61 Å². The Bertz CT molecular complexity index is 884. The number of ether oxygens (including phenoxy) is 3. The minimum Gasteiger partial charge on any atom is -0.504 e. The molecular weight excluding hydrogens is 444 g/mol. The van der Waals surface area contributed by atoms with E-state index >= 15 is 0 Å². The maximum atomic E-state index is 12.2. The van der Waals surface area contributed by atoms with Gasteiger partial charge >= 0.3 is 5.97 Å². The molecule has 1 saturated heterocycles. The second kappa shape index (κ2) is 10.6. The monoisotopic (exact) mass is 470 g/mol. The minimum atomic E-state index is -1.71. The van der Waals surface area contributed by atoms with E-state index < -0.39 is 67.7 Å². The van der Waals surface area contributed by atoms with Gasteiger partial charge in [0, 0.05) is 6.08 Å². The molecule has 12 nitrogen and oxygen atoms in total. The molecule has 0 amide bonds. The average Bonchev–Trinajstić information content (AvgIpc) is 2.79. The van der Waals surface area contributed by atoms with E-state index in [0.717, 1.165) is 6.08 Å². The summed E-state index contributed by atoms with van der Waals surface area (Å²) in [6.07, 6.45) is -8.74. The van der Waals surface area contributed by atoms with Gasteiger partial charge < -0.3 is 55.1 Å². The fraction of sp³-hybridized carbons (Fsp3) is 0.476. The molecule has 1 heterocycles. The lowest BCUT2D eigenvalue weighted by molar-refractivity contribution is -0.315. The van der Waals surface area contributed by atoms with Gasteiger partial charge in [0.15, 0.2) is 23.9 Å². The molecule has 0 aromatic heterocycles. The Morgan fingerprint density at radius 1 is 0.970 bits per heavy atom. The molecule has 0 saturated carbocycles. The van der Waals surface area contributed by atoms with Crippen LogP contribution < -0.4 is 0 Å². The number of phenolic OH excluding ortho intramolecular Hbond substituents is 2. The van der Waals surface area contributed by atoms with Crippen LogP contribution in [0, 0.1) is 0 Å². The van der Waals surface area contributed by atoms with Crippen molar-refractivity contribution in [3.63, 3.8) is 0 Å². The minimum absolute atomic E-state index is 0.333. The number of hydrogen-bond acceptors (Lipinski definition) is 12. The first-order valence-corrected chi connectivity index (χ1v) is 10.0. The molecule has 182 valence electrons. The Morgan fingerprint density at radius 2 is 1.70 bits per heavy atom. The van der Waals surface area contributed by atoms with E-state index in [2.05, 4.69) is 0 Å². The molecule has 33 heavy (non-hydrogen) atoms. The Kier molecular flexibility index (Phi) is 8.05. The van der Waals surface area contributed by atoms with E-state index in [0.29, 0.717) is 5.56 Å². The molecular formula is C21H26O12. The zero-order valence-corrected chi connectivity index (χ0v) is 17.2. The van der Waals surface area contributed by atoms with Crippen LogP contribution in [-0.2, 0) is 19.0 Å². The lowest BCUT2D eigenvalue weighted by Gasteiger charge is -2.42. The number of hydrogen-bond donors (Lipinski definition) is 8. The second-order valence-electron chi connectivity index (χ2n) is 7.65. The molecule has 1 fully saturated rings. The van der Waals surface area contributed by atoms with Crippen LogP contribution in [0.3, 0.4) is 0 Å². The molecule has 1 aromatic rings. The molecule has 1 aromatic carbocycles. The number of phenols is 2. The summed E-state index contributed by atoms with van der Waals surface area (Å²) in [5.74, 6) is -1.66. The van der Waals surface area contributed by atoms with Crippen LogP contribution in [-0.4, -0.2) is 109 Å². The highest BCUT2D eigenvalue weighted by Crippen LogP contribution is 2.28. The zero-order chi connectivity index (χ0) is 24.3. The molecule has 0 unspecified atom stereocenters. The molecule has 12 heteroatoms. The van der Waals surface area contributed by atoms with Crippen molar-refractivity contribution in [3.05, 3.63) is 42.0 Å². The summed E-state index contributed by atoms with van der Waals surface area (Å²) in [7, 11) is 0. The number of aliphatic hydroxyl groups is 6. The van der Waals surface area contributed by atoms with Gasteiger partial charge in [-0.15, -0.1) is 0 Å². The molecule has 9 atom stereocenters. The first-order valence-electron chi connectivity index (χ1n) is 10.0. The lowest BCUT2D eigenvalue weighted by atomic mass is 9.95. The SMILES string of the molecule is O=C(C=Cc1ccc(O)c(O)c1)O[C@@H]1[C@H](O)[C@H](O[C@@H]2O[C@@H](CO)[C@@H](O)[C@H](O)[C@@H]2O)C=C[C@H]1O. The number of carbonyl (C=O) groups is 1. The number of benzene rings is 1. The summed E-state index contributed by atoms with van der Waals surface area (Å²) in [5.41, 5.74) is 0.371. The highest BCUT2D eigenvalue weighted by Gasteiger charge is 2.47. The van der Waals surface area contributed by atoms with Crippen LogP contribution in [0.5, 0.6) is 11.5 Å². The smallest absolute Gasteiger partial charge is 0.331 e. The van der Waals surface area contributed by atoms with E-state index in [9.17, 15) is 45.6 Å². The summed E-state index contributed by atoms with van der Waals surface area (Å²) in [4.78, 5) is 12.2. The highest BCUT2D eigenvalue weighted by atomic mass is 16.7. The fourth-order valence-corrected chi connectivity index (χ4v) is 3.42. The molecule has 1 aliphatic carbocycles. The summed E-state index contributed by atoms with van der Waals surface area (Å²) >= 11 is 0. The van der Waals surface area contributed by atoms with Gasteiger partial charge in [-0.25, -0.2) is 4.79 Å². The van der Waals surface area contributed by atoms with Crippen molar-refractivity contribution in [2.75, 3.05) is 6.61 Å². The Morgan fingerprint density at radius 3 is 2.36 bits per heavy atom. The standard InChI is InChI=1S/C21H26O12/c22-8-14-16(27)18(29)19(30)21(32-14)31-13-5-4-11(24)20(17(13)28)33-15(26)6-2-9-1-3-10(23)12(25)7-9/h1-7,11,13-14,16-25,27-30H,8H2/t11-,13-,14+,16-,17-,18+,19+,20+,21-/m1/s1. The maximum absolute atomic E-state index is 12.2. The third-order valence-electron chi connectivity index (χ3n) is 5.31. The third kappa shape index (κ3) is 5.69. The van der Waals surface area contributed by atoms with Crippen molar-refractivity contribution >= 4 is 12.0 Å². The quantitative estimate of drug-likeness (QED) is 0.0940. The first-order chi connectivity index (χ1) is 15.6. The number of esters is 1. The van der Waals surface area contributed by atoms with Gasteiger partial charge in [-0.1, -0.05) is 18.2 Å². The van der Waals surface area contributed by atoms with Crippen molar-refractivity contribution in [3.8, 4) is 11.5 Å². The van der Waals surface area contributed by atoms with E-state index in [4.69, 9.17) is 14.2 Å². The predicted octanol–water partition coefficient (Wildman–Crippen LogP) is -2.50. The molecule has 8 N–H and O–H groups in total. The maximum Gasteiger partial charge on any atom is 0.331 e. The number of carbonyl (C=O) groups excluding carboxylic acids is 1. The topological polar surface area (TPSA) is 207 Å². The summed E-state index contributed by atoms with van der Waals surface area (Å²) in [5, 5.41) is 78.5. The van der Waals surface area contributed by atoms with Crippen molar-refractivity contribution in [1.29, 1.82) is 0 Å². The van der Waals surface area contributed by atoms with E-state index in [-0.39, 0.29) is 11.5 Å². The van der Waals surface area contributed by atoms with Crippen LogP contribution in [0.15, 0.2) is 36.4 Å². The molecule has 0 radical (unpaired) electrons. The first kappa shape index (κ1) is 25.1. The number of aromatic hydroxyl groups is 2. The van der Waals surface area contributed by atoms with Gasteiger partial charge in [0.1, 0.15) is 42.7 Å². The van der Waals surface area contributed by atoms with Crippen molar-refractivity contribution < 1.29 is 59.9 Å². The molecule has 2 aliphatic rings. The number of aliphatic hydroxyl groups excluding tert-OH is 6. The van der Waals surface area contributed by atoms with Crippen molar-refractivity contribution in [2.45, 2.75) is 55.1 Å². The summed E-state index contributed by atoms with van der Waals surface area (Å²) in [6, 6.07) is 3.85. The Labute approximate surface area is 187 Å². The van der Waals surface area contributed by atoms with Crippen molar-refractivity contribution in [1.82, 2.24) is 0 Å². The van der Waals surface area contributed by atoms with Crippen LogP contribution in [0.2, 0.25) is 0 Å². The van der Waals surface area contributed by atoms with Gasteiger partial charge in [-0.05, 0) is 23.8 Å². The molecule has 1 aliphatic heterocycles. The summed E-state index contributed by atoms with van der Waals surface area (Å²) in [6.45, 7) is -0.669. The van der Waals surface area contributed by atoms with E-state index in [1.807, 2.05) is 0 Å². The zero-order valence-electron chi connectivity index (χ0n) is 17.2. The van der Waals surface area contributed by atoms with E-state index in [1.165, 1.54) is 36.4 Å². The van der Waals surface area contributed by atoms with Crippen LogP contribution in [0.4, 0.5) is 0 Å².